The third-order valence-electron chi connectivity index (χ3n) is 4.08. The Bertz CT molecular complexity index is 604. The molecular weight excluding hydrogens is 288 g/mol. The minimum Gasteiger partial charge on any atom is -0.480 e. The van der Waals surface area contributed by atoms with E-state index in [4.69, 9.17) is 9.47 Å². The van der Waals surface area contributed by atoms with E-state index in [-0.39, 0.29) is 25.7 Å². The maximum absolute atomic E-state index is 12.4. The zero-order chi connectivity index (χ0) is 15.7. The van der Waals surface area contributed by atoms with E-state index in [9.17, 15) is 14.7 Å². The molecule has 3 rings (SSSR count). The molecule has 0 aliphatic carbocycles. The number of rotatable bonds is 3. The molecule has 0 aromatic heterocycles. The number of likely N-dealkylation sites (N-methyl/N-ethyl adjacent to an activating group) is 1. The van der Waals surface area contributed by atoms with E-state index < -0.39 is 12.0 Å². The van der Waals surface area contributed by atoms with Gasteiger partial charge in [0, 0.05) is 19.6 Å². The number of hydrogen-bond donors (Lipinski definition) is 1. The molecule has 2 aliphatic rings. The molecule has 0 spiro atoms. The third kappa shape index (κ3) is 2.85. The van der Waals surface area contributed by atoms with Gasteiger partial charge in [-0.3, -0.25) is 14.5 Å². The largest absolute Gasteiger partial charge is 0.480 e. The van der Waals surface area contributed by atoms with Crippen molar-refractivity contribution in [3.05, 3.63) is 23.8 Å². The smallest absolute Gasteiger partial charge is 0.322 e. The van der Waals surface area contributed by atoms with Gasteiger partial charge in [-0.1, -0.05) is 6.07 Å². The third-order valence-corrected chi connectivity index (χ3v) is 4.08. The van der Waals surface area contributed by atoms with Gasteiger partial charge in [0.2, 0.25) is 12.7 Å². The molecule has 2 aliphatic heterocycles. The fraction of sp³-hybridized carbons (Fsp3) is 0.467. The second kappa shape index (κ2) is 5.84. The van der Waals surface area contributed by atoms with E-state index in [0.29, 0.717) is 24.6 Å². The molecule has 1 fully saturated rings. The van der Waals surface area contributed by atoms with Gasteiger partial charge in [-0.15, -0.1) is 0 Å². The molecular formula is C15H18N2O5. The first-order chi connectivity index (χ1) is 10.5. The summed E-state index contributed by atoms with van der Waals surface area (Å²) < 4.78 is 10.5. The van der Waals surface area contributed by atoms with Crippen LogP contribution in [0.25, 0.3) is 0 Å². The Hall–Kier alpha value is -2.28. The molecule has 118 valence electrons. The first-order valence-corrected chi connectivity index (χ1v) is 7.14. The Labute approximate surface area is 128 Å². The molecule has 1 atom stereocenters. The number of carbonyl (C=O) groups is 2. The Kier molecular flexibility index (Phi) is 3.89. The number of fused-ring (bicyclic) bond motifs is 1. The van der Waals surface area contributed by atoms with Gasteiger partial charge >= 0.3 is 5.97 Å². The lowest BCUT2D eigenvalue weighted by molar-refractivity contribution is -0.147. The highest BCUT2D eigenvalue weighted by Crippen LogP contribution is 2.32. The van der Waals surface area contributed by atoms with Gasteiger partial charge in [-0.25, -0.2) is 0 Å². The number of amides is 1. The van der Waals surface area contributed by atoms with Crippen LogP contribution in [0.4, 0.5) is 0 Å². The number of ether oxygens (including phenoxy) is 2. The number of carboxylic acid groups (broad SMARTS) is 1. The fourth-order valence-corrected chi connectivity index (χ4v) is 2.70. The molecule has 1 amide bonds. The number of aliphatic carboxylic acids is 1. The lowest BCUT2D eigenvalue weighted by Crippen LogP contribution is -2.56. The van der Waals surface area contributed by atoms with Crippen LogP contribution in [-0.4, -0.2) is 66.3 Å². The fourth-order valence-electron chi connectivity index (χ4n) is 2.70. The van der Waals surface area contributed by atoms with E-state index in [2.05, 4.69) is 0 Å². The van der Waals surface area contributed by atoms with Crippen LogP contribution in [0.5, 0.6) is 11.5 Å². The second-order valence-electron chi connectivity index (χ2n) is 5.54. The zero-order valence-electron chi connectivity index (χ0n) is 12.3. The Morgan fingerprint density at radius 1 is 1.27 bits per heavy atom. The van der Waals surface area contributed by atoms with Crippen molar-refractivity contribution in [3.63, 3.8) is 0 Å². The molecule has 2 heterocycles. The second-order valence-corrected chi connectivity index (χ2v) is 5.54. The Morgan fingerprint density at radius 3 is 2.82 bits per heavy atom. The molecule has 1 aromatic rings. The predicted molar refractivity (Wildman–Crippen MR) is 76.9 cm³/mol. The summed E-state index contributed by atoms with van der Waals surface area (Å²) in [7, 11) is 1.76. The highest BCUT2D eigenvalue weighted by atomic mass is 16.7. The first kappa shape index (κ1) is 14.6. The number of carbonyl (C=O) groups excluding carboxylic acids is 1. The maximum atomic E-state index is 12.4. The minimum atomic E-state index is -0.900. The van der Waals surface area contributed by atoms with E-state index in [0.717, 1.165) is 5.56 Å². The molecule has 0 radical (unpaired) electrons. The van der Waals surface area contributed by atoms with E-state index in [1.54, 1.807) is 29.0 Å². The van der Waals surface area contributed by atoms with Crippen molar-refractivity contribution in [2.75, 3.05) is 33.5 Å². The quantitative estimate of drug-likeness (QED) is 0.858. The highest BCUT2D eigenvalue weighted by Gasteiger charge is 2.32. The topological polar surface area (TPSA) is 79.3 Å². The van der Waals surface area contributed by atoms with E-state index >= 15 is 0 Å². The van der Waals surface area contributed by atoms with Gasteiger partial charge in [-0.2, -0.15) is 0 Å². The van der Waals surface area contributed by atoms with Crippen LogP contribution in [0.15, 0.2) is 18.2 Å². The summed E-state index contributed by atoms with van der Waals surface area (Å²) in [6, 6.07) is 4.77. The number of carboxylic acids is 1. The van der Waals surface area contributed by atoms with Crippen molar-refractivity contribution in [1.82, 2.24) is 9.80 Å². The van der Waals surface area contributed by atoms with E-state index in [1.165, 1.54) is 0 Å². The molecule has 7 heteroatoms. The average Bonchev–Trinajstić information content (AvgIpc) is 2.94. The monoisotopic (exact) mass is 306 g/mol. The Balaban J connectivity index is 1.65. The summed E-state index contributed by atoms with van der Waals surface area (Å²) in [6.07, 6.45) is 0.229. The summed E-state index contributed by atoms with van der Waals surface area (Å²) in [4.78, 5) is 27.0. The summed E-state index contributed by atoms with van der Waals surface area (Å²) in [5.74, 6) is 0.357. The van der Waals surface area contributed by atoms with Crippen molar-refractivity contribution in [2.24, 2.45) is 0 Å². The average molecular weight is 306 g/mol. The van der Waals surface area contributed by atoms with Crippen molar-refractivity contribution in [2.45, 2.75) is 12.5 Å². The van der Waals surface area contributed by atoms with E-state index in [1.807, 2.05) is 6.07 Å². The standard InChI is InChI=1S/C15H18N2O5/c1-16-4-5-17(8-11(16)15(19)20)14(18)7-10-2-3-12-13(6-10)22-9-21-12/h2-3,6,11H,4-5,7-9H2,1H3,(H,19,20). The number of piperazine rings is 1. The van der Waals surface area contributed by atoms with Crippen LogP contribution in [0.2, 0.25) is 0 Å². The lowest BCUT2D eigenvalue weighted by Gasteiger charge is -2.37. The van der Waals surface area contributed by atoms with Crippen molar-refractivity contribution in [1.29, 1.82) is 0 Å². The number of nitrogens with zero attached hydrogens (tertiary/aromatic N) is 2. The number of hydrogen-bond acceptors (Lipinski definition) is 5. The SMILES string of the molecule is CN1CCN(C(=O)Cc2ccc3c(c2)OCO3)CC1C(=O)O. The molecule has 0 bridgehead atoms. The lowest BCUT2D eigenvalue weighted by atomic mass is 10.1. The predicted octanol–water partition coefficient (Wildman–Crippen LogP) is 0.185. The summed E-state index contributed by atoms with van der Waals surface area (Å²) in [6.45, 7) is 1.52. The normalized spacial score (nSPS) is 21.0. The van der Waals surface area contributed by atoms with Gasteiger partial charge in [0.1, 0.15) is 6.04 Å². The van der Waals surface area contributed by atoms with Crippen LogP contribution in [0.3, 0.4) is 0 Å². The highest BCUT2D eigenvalue weighted by molar-refractivity contribution is 5.81. The summed E-state index contributed by atoms with van der Waals surface area (Å²) >= 11 is 0. The zero-order valence-corrected chi connectivity index (χ0v) is 12.3. The van der Waals surface area contributed by atoms with Crippen LogP contribution in [0.1, 0.15) is 5.56 Å². The van der Waals surface area contributed by atoms with Crippen LogP contribution < -0.4 is 9.47 Å². The van der Waals surface area contributed by atoms with Crippen LogP contribution in [-0.2, 0) is 16.0 Å². The van der Waals surface area contributed by atoms with Gasteiger partial charge in [0.05, 0.1) is 6.42 Å². The van der Waals surface area contributed by atoms with Crippen molar-refractivity contribution < 1.29 is 24.2 Å². The van der Waals surface area contributed by atoms with Crippen molar-refractivity contribution >= 4 is 11.9 Å². The number of benzene rings is 1. The van der Waals surface area contributed by atoms with Gasteiger partial charge in [0.25, 0.3) is 0 Å². The van der Waals surface area contributed by atoms with Crippen LogP contribution in [0, 0.1) is 0 Å². The van der Waals surface area contributed by atoms with Gasteiger partial charge in [-0.05, 0) is 24.7 Å². The maximum Gasteiger partial charge on any atom is 0.322 e. The molecule has 1 unspecified atom stereocenters. The van der Waals surface area contributed by atoms with Crippen LogP contribution >= 0.6 is 0 Å². The molecule has 1 aromatic carbocycles. The minimum absolute atomic E-state index is 0.0711. The van der Waals surface area contributed by atoms with Gasteiger partial charge < -0.3 is 19.5 Å². The summed E-state index contributed by atoms with van der Waals surface area (Å²) in [5.41, 5.74) is 0.833. The van der Waals surface area contributed by atoms with Gasteiger partial charge in [0.15, 0.2) is 11.5 Å². The molecule has 1 saturated heterocycles. The molecule has 22 heavy (non-hydrogen) atoms. The van der Waals surface area contributed by atoms with Crippen molar-refractivity contribution in [3.8, 4) is 11.5 Å². The molecule has 7 nitrogen and oxygen atoms in total. The molecule has 1 N–H and O–H groups in total. The summed E-state index contributed by atoms with van der Waals surface area (Å²) in [5, 5.41) is 9.19. The first-order valence-electron chi connectivity index (χ1n) is 7.14. The Morgan fingerprint density at radius 2 is 2.05 bits per heavy atom. The molecule has 0 saturated carbocycles.